The fourth-order valence-electron chi connectivity index (χ4n) is 3.60. The number of halogens is 3. The lowest BCUT2D eigenvalue weighted by Crippen LogP contribution is -2.27. The van der Waals surface area contributed by atoms with Crippen molar-refractivity contribution in [3.05, 3.63) is 63.1 Å². The summed E-state index contributed by atoms with van der Waals surface area (Å²) in [4.78, 5) is 31.2. The van der Waals surface area contributed by atoms with Gasteiger partial charge in [-0.25, -0.2) is 4.98 Å². The number of alkyl halides is 3. The smallest absolute Gasteiger partial charge is 0.416 e. The molecule has 0 amide bonds. The van der Waals surface area contributed by atoms with Crippen LogP contribution in [-0.4, -0.2) is 21.0 Å². The standard InChI is InChI=1S/C23H23F3N2O3/c1-12-15(8-9-18(29)30)19-17(27-21(31)20(28-19)22(2,3)4)11-16(12)13-6-5-7-14(10-13)23(24,25)26/h5-7,10-11H,8-9H2,1-4H3,(H,27,31)(H,29,30). The molecular weight excluding hydrogens is 409 g/mol. The summed E-state index contributed by atoms with van der Waals surface area (Å²) < 4.78 is 39.6. The first-order valence-corrected chi connectivity index (χ1v) is 9.75. The highest BCUT2D eigenvalue weighted by Crippen LogP contribution is 2.36. The van der Waals surface area contributed by atoms with Crippen molar-refractivity contribution in [2.45, 2.75) is 52.1 Å². The van der Waals surface area contributed by atoms with Gasteiger partial charge in [0.2, 0.25) is 0 Å². The molecule has 8 heteroatoms. The minimum absolute atomic E-state index is 0.132. The molecule has 0 aliphatic carbocycles. The minimum atomic E-state index is -4.50. The predicted molar refractivity (Wildman–Crippen MR) is 112 cm³/mol. The number of nitrogens with zero attached hydrogens (tertiary/aromatic N) is 1. The third kappa shape index (κ3) is 4.62. The number of aromatic nitrogens is 2. The highest BCUT2D eigenvalue weighted by molar-refractivity contribution is 5.88. The average molecular weight is 432 g/mol. The molecule has 5 nitrogen and oxygen atoms in total. The van der Waals surface area contributed by atoms with E-state index >= 15 is 0 Å². The Kier molecular flexibility index (Phi) is 5.69. The molecule has 0 aliphatic rings. The molecule has 2 N–H and O–H groups in total. The number of hydrogen-bond donors (Lipinski definition) is 2. The first-order valence-electron chi connectivity index (χ1n) is 9.75. The number of rotatable bonds is 4. The number of aliphatic carboxylic acids is 1. The van der Waals surface area contributed by atoms with Crippen molar-refractivity contribution in [3.8, 4) is 11.1 Å². The van der Waals surface area contributed by atoms with E-state index in [0.717, 1.165) is 12.1 Å². The third-order valence-electron chi connectivity index (χ3n) is 5.17. The van der Waals surface area contributed by atoms with Gasteiger partial charge in [0, 0.05) is 11.8 Å². The molecule has 3 rings (SSSR count). The predicted octanol–water partition coefficient (Wildman–Crippen LogP) is 5.23. The number of carboxylic acids is 1. The molecule has 0 bridgehead atoms. The van der Waals surface area contributed by atoms with Gasteiger partial charge in [0.25, 0.3) is 5.56 Å². The van der Waals surface area contributed by atoms with Gasteiger partial charge < -0.3 is 10.1 Å². The van der Waals surface area contributed by atoms with E-state index in [1.807, 2.05) is 20.8 Å². The van der Waals surface area contributed by atoms with Gasteiger partial charge in [-0.3, -0.25) is 9.59 Å². The van der Waals surface area contributed by atoms with Gasteiger partial charge in [-0.15, -0.1) is 0 Å². The number of hydrogen-bond acceptors (Lipinski definition) is 3. The van der Waals surface area contributed by atoms with Gasteiger partial charge in [-0.05, 0) is 53.8 Å². The number of carboxylic acid groups (broad SMARTS) is 1. The van der Waals surface area contributed by atoms with Gasteiger partial charge in [-0.1, -0.05) is 32.9 Å². The number of aromatic amines is 1. The lowest BCUT2D eigenvalue weighted by molar-refractivity contribution is -0.138. The highest BCUT2D eigenvalue weighted by Gasteiger charge is 2.31. The summed E-state index contributed by atoms with van der Waals surface area (Å²) in [5, 5.41) is 9.17. The SMILES string of the molecule is Cc1c(-c2cccc(C(F)(F)F)c2)cc2[nH]c(=O)c(C(C)(C)C)nc2c1CCC(=O)O. The summed E-state index contributed by atoms with van der Waals surface area (Å²) in [5.41, 5.74) is 1.44. The highest BCUT2D eigenvalue weighted by atomic mass is 19.4. The Morgan fingerprint density at radius 3 is 2.42 bits per heavy atom. The zero-order chi connectivity index (χ0) is 23.1. The van der Waals surface area contributed by atoms with Crippen molar-refractivity contribution in [2.24, 2.45) is 0 Å². The summed E-state index contributed by atoms with van der Waals surface area (Å²) in [5.74, 6) is -1.00. The number of carbonyl (C=O) groups is 1. The van der Waals surface area contributed by atoms with Crippen LogP contribution in [0, 0.1) is 6.92 Å². The van der Waals surface area contributed by atoms with Crippen LogP contribution < -0.4 is 5.56 Å². The maximum absolute atomic E-state index is 13.2. The van der Waals surface area contributed by atoms with Crippen LogP contribution in [0.3, 0.4) is 0 Å². The Bertz CT molecular complexity index is 1220. The Morgan fingerprint density at radius 1 is 1.16 bits per heavy atom. The van der Waals surface area contributed by atoms with Crippen LogP contribution in [0.25, 0.3) is 22.2 Å². The molecule has 0 atom stereocenters. The van der Waals surface area contributed by atoms with Crippen molar-refractivity contribution >= 4 is 17.0 Å². The molecule has 31 heavy (non-hydrogen) atoms. The van der Waals surface area contributed by atoms with Crippen molar-refractivity contribution < 1.29 is 23.1 Å². The fraction of sp³-hybridized carbons (Fsp3) is 0.348. The Balaban J connectivity index is 2.33. The molecule has 0 fully saturated rings. The second kappa shape index (κ2) is 7.83. The molecule has 0 unspecified atom stereocenters. The van der Waals surface area contributed by atoms with Crippen LogP contribution in [-0.2, 0) is 22.8 Å². The monoisotopic (exact) mass is 432 g/mol. The fourth-order valence-corrected chi connectivity index (χ4v) is 3.60. The van der Waals surface area contributed by atoms with E-state index in [9.17, 15) is 27.9 Å². The van der Waals surface area contributed by atoms with E-state index in [1.165, 1.54) is 6.07 Å². The molecule has 0 saturated carbocycles. The maximum Gasteiger partial charge on any atom is 0.416 e. The zero-order valence-corrected chi connectivity index (χ0v) is 17.6. The van der Waals surface area contributed by atoms with E-state index in [2.05, 4.69) is 9.97 Å². The minimum Gasteiger partial charge on any atom is -0.481 e. The maximum atomic E-state index is 13.2. The largest absolute Gasteiger partial charge is 0.481 e. The summed E-state index contributed by atoms with van der Waals surface area (Å²) in [6, 6.07) is 6.52. The lowest BCUT2D eigenvalue weighted by Gasteiger charge is -2.20. The number of nitrogens with one attached hydrogen (secondary N) is 1. The molecule has 3 aromatic rings. The molecule has 0 radical (unpaired) electrons. The van der Waals surface area contributed by atoms with Crippen molar-refractivity contribution in [1.29, 1.82) is 0 Å². The second-order valence-corrected chi connectivity index (χ2v) is 8.56. The van der Waals surface area contributed by atoms with Crippen molar-refractivity contribution in [2.75, 3.05) is 0 Å². The zero-order valence-electron chi connectivity index (χ0n) is 17.6. The van der Waals surface area contributed by atoms with Crippen molar-refractivity contribution in [3.63, 3.8) is 0 Å². The normalized spacial score (nSPS) is 12.4. The van der Waals surface area contributed by atoms with Gasteiger partial charge in [0.15, 0.2) is 0 Å². The number of aryl methyl sites for hydroxylation is 1. The van der Waals surface area contributed by atoms with Gasteiger partial charge >= 0.3 is 12.1 Å². The molecular formula is C23H23F3N2O3. The molecule has 1 heterocycles. The second-order valence-electron chi connectivity index (χ2n) is 8.56. The first kappa shape index (κ1) is 22.5. The summed E-state index contributed by atoms with van der Waals surface area (Å²) >= 11 is 0. The third-order valence-corrected chi connectivity index (χ3v) is 5.17. The Labute approximate surface area is 177 Å². The van der Waals surface area contributed by atoms with Crippen LogP contribution in [0.5, 0.6) is 0 Å². The molecule has 2 aromatic carbocycles. The van der Waals surface area contributed by atoms with Crippen LogP contribution in [0.2, 0.25) is 0 Å². The van der Waals surface area contributed by atoms with E-state index in [-0.39, 0.29) is 18.4 Å². The van der Waals surface area contributed by atoms with Crippen LogP contribution >= 0.6 is 0 Å². The quantitative estimate of drug-likeness (QED) is 0.591. The average Bonchev–Trinajstić information content (AvgIpc) is 2.65. The molecule has 0 aliphatic heterocycles. The van der Waals surface area contributed by atoms with Crippen LogP contribution in [0.4, 0.5) is 13.2 Å². The van der Waals surface area contributed by atoms with E-state index in [0.29, 0.717) is 39.0 Å². The van der Waals surface area contributed by atoms with Gasteiger partial charge in [0.1, 0.15) is 5.69 Å². The lowest BCUT2D eigenvalue weighted by atomic mass is 9.90. The number of fused-ring (bicyclic) bond motifs is 1. The van der Waals surface area contributed by atoms with Crippen LogP contribution in [0.15, 0.2) is 35.1 Å². The summed E-state index contributed by atoms with van der Waals surface area (Å²) in [6.07, 6.45) is -4.54. The van der Waals surface area contributed by atoms with Crippen LogP contribution in [0.1, 0.15) is 49.6 Å². The topological polar surface area (TPSA) is 83.0 Å². The van der Waals surface area contributed by atoms with E-state index in [1.54, 1.807) is 19.1 Å². The molecule has 0 spiro atoms. The van der Waals surface area contributed by atoms with Crippen molar-refractivity contribution in [1.82, 2.24) is 9.97 Å². The van der Waals surface area contributed by atoms with Gasteiger partial charge in [-0.2, -0.15) is 13.2 Å². The Hall–Kier alpha value is -3.16. The molecule has 164 valence electrons. The molecule has 0 saturated heterocycles. The van der Waals surface area contributed by atoms with Gasteiger partial charge in [0.05, 0.1) is 16.6 Å². The first-order chi connectivity index (χ1) is 14.3. The molecule has 1 aromatic heterocycles. The number of H-pyrrole nitrogens is 1. The van der Waals surface area contributed by atoms with E-state index in [4.69, 9.17) is 0 Å². The number of benzene rings is 2. The van der Waals surface area contributed by atoms with E-state index < -0.39 is 23.1 Å². The summed E-state index contributed by atoms with van der Waals surface area (Å²) in [6.45, 7) is 7.27. The Morgan fingerprint density at radius 2 is 1.84 bits per heavy atom. The summed E-state index contributed by atoms with van der Waals surface area (Å²) in [7, 11) is 0.